The Morgan fingerprint density at radius 3 is 2.52 bits per heavy atom. The molecule has 0 atom stereocenters. The number of carbonyl (C=O) groups is 1. The minimum absolute atomic E-state index is 0.150. The minimum Gasteiger partial charge on any atom is -0.497 e. The van der Waals surface area contributed by atoms with Crippen molar-refractivity contribution in [3.63, 3.8) is 0 Å². The first-order valence-electron chi connectivity index (χ1n) is 11.7. The first kappa shape index (κ1) is 23.1. The smallest absolute Gasteiger partial charge is 0.287 e. The van der Waals surface area contributed by atoms with Crippen molar-refractivity contribution in [2.75, 3.05) is 33.3 Å². The van der Waals surface area contributed by atoms with Crippen LogP contribution in [0.2, 0.25) is 0 Å². The lowest BCUT2D eigenvalue weighted by atomic mass is 10.1. The molecule has 1 aliphatic heterocycles. The number of furan rings is 1. The maximum absolute atomic E-state index is 12.5. The van der Waals surface area contributed by atoms with E-state index in [-0.39, 0.29) is 5.91 Å². The van der Waals surface area contributed by atoms with Gasteiger partial charge in [0.1, 0.15) is 11.5 Å². The zero-order valence-electron chi connectivity index (χ0n) is 19.3. The number of ether oxygens (including phenoxy) is 1. The van der Waals surface area contributed by atoms with Crippen LogP contribution < -0.4 is 10.1 Å². The van der Waals surface area contributed by atoms with Gasteiger partial charge in [-0.3, -0.25) is 9.69 Å². The first-order valence-corrected chi connectivity index (χ1v) is 11.7. The predicted octanol–water partition coefficient (Wildman–Crippen LogP) is 4.32. The topological polar surface area (TPSA) is 58.0 Å². The van der Waals surface area contributed by atoms with E-state index in [1.807, 2.05) is 24.3 Å². The van der Waals surface area contributed by atoms with E-state index in [1.54, 1.807) is 13.2 Å². The Kier molecular flexibility index (Phi) is 8.17. The molecular formula is C27H33N3O3. The zero-order chi connectivity index (χ0) is 22.9. The van der Waals surface area contributed by atoms with Gasteiger partial charge in [0, 0.05) is 26.2 Å². The summed E-state index contributed by atoms with van der Waals surface area (Å²) in [6.07, 6.45) is 2.51. The van der Waals surface area contributed by atoms with Gasteiger partial charge in [0.05, 0.1) is 13.7 Å². The lowest BCUT2D eigenvalue weighted by molar-refractivity contribution is 0.0917. The second kappa shape index (κ2) is 11.7. The normalized spacial score (nSPS) is 14.0. The molecule has 1 aromatic heterocycles. The largest absolute Gasteiger partial charge is 0.497 e. The minimum atomic E-state index is -0.150. The molecule has 6 heteroatoms. The van der Waals surface area contributed by atoms with Crippen molar-refractivity contribution in [3.05, 3.63) is 89.4 Å². The highest BCUT2D eigenvalue weighted by molar-refractivity contribution is 5.91. The van der Waals surface area contributed by atoms with Crippen molar-refractivity contribution in [1.29, 1.82) is 0 Å². The van der Waals surface area contributed by atoms with E-state index < -0.39 is 0 Å². The highest BCUT2D eigenvalue weighted by Crippen LogP contribution is 2.19. The molecule has 0 spiro atoms. The fraction of sp³-hybridized carbons (Fsp3) is 0.370. The molecule has 3 aromatic rings. The van der Waals surface area contributed by atoms with Crippen LogP contribution >= 0.6 is 0 Å². The van der Waals surface area contributed by atoms with Gasteiger partial charge in [-0.1, -0.05) is 42.5 Å². The summed E-state index contributed by atoms with van der Waals surface area (Å²) in [7, 11) is 1.68. The Labute approximate surface area is 196 Å². The second-order valence-corrected chi connectivity index (χ2v) is 8.55. The molecule has 0 aliphatic carbocycles. The van der Waals surface area contributed by atoms with Crippen LogP contribution in [0.15, 0.2) is 71.1 Å². The van der Waals surface area contributed by atoms with Crippen LogP contribution in [0.4, 0.5) is 0 Å². The van der Waals surface area contributed by atoms with Crippen molar-refractivity contribution >= 4 is 5.91 Å². The summed E-state index contributed by atoms with van der Waals surface area (Å²) in [4.78, 5) is 17.2. The highest BCUT2D eigenvalue weighted by atomic mass is 16.5. The average molecular weight is 448 g/mol. The molecular weight excluding hydrogens is 414 g/mol. The Balaban J connectivity index is 1.38. The Hall–Kier alpha value is -3.09. The molecule has 2 aromatic carbocycles. The molecule has 2 heterocycles. The third-order valence-corrected chi connectivity index (χ3v) is 5.97. The number of nitrogens with zero attached hydrogens (tertiary/aromatic N) is 2. The summed E-state index contributed by atoms with van der Waals surface area (Å²) in [5.41, 5.74) is 2.39. The summed E-state index contributed by atoms with van der Waals surface area (Å²) < 4.78 is 11.3. The number of methoxy groups -OCH3 is 1. The zero-order valence-corrected chi connectivity index (χ0v) is 19.3. The molecule has 6 nitrogen and oxygen atoms in total. The molecule has 1 fully saturated rings. The van der Waals surface area contributed by atoms with Crippen LogP contribution in [0.3, 0.4) is 0 Å². The van der Waals surface area contributed by atoms with Crippen LogP contribution in [-0.2, 0) is 19.6 Å². The van der Waals surface area contributed by atoms with Crippen molar-refractivity contribution in [3.8, 4) is 5.75 Å². The molecule has 0 bridgehead atoms. The van der Waals surface area contributed by atoms with Crippen molar-refractivity contribution in [2.24, 2.45) is 0 Å². The van der Waals surface area contributed by atoms with Crippen LogP contribution in [0.25, 0.3) is 0 Å². The van der Waals surface area contributed by atoms with Gasteiger partial charge in [0.25, 0.3) is 5.91 Å². The number of carbonyl (C=O) groups excluding carboxylic acids is 1. The molecule has 4 rings (SSSR count). The SMILES string of the molecule is COc1cccc(CN(Cc2ccccc2)Cc2ccc(C(=O)NCCN3CCCC3)o2)c1. The van der Waals surface area contributed by atoms with Gasteiger partial charge >= 0.3 is 0 Å². The summed E-state index contributed by atoms with van der Waals surface area (Å²) in [6, 6.07) is 22.2. The molecule has 0 unspecified atom stereocenters. The standard InChI is InChI=1S/C27H33N3O3/c1-32-24-11-7-10-23(18-24)20-30(19-22-8-3-2-4-9-22)21-25-12-13-26(33-25)27(31)28-14-17-29-15-5-6-16-29/h2-4,7-13,18H,5-6,14-17,19-21H2,1H3,(H,28,31). The van der Waals surface area contributed by atoms with E-state index in [9.17, 15) is 4.79 Å². The van der Waals surface area contributed by atoms with E-state index >= 15 is 0 Å². The third-order valence-electron chi connectivity index (χ3n) is 5.97. The van der Waals surface area contributed by atoms with E-state index in [4.69, 9.17) is 9.15 Å². The summed E-state index contributed by atoms with van der Waals surface area (Å²) in [6.45, 7) is 5.92. The van der Waals surface area contributed by atoms with Crippen LogP contribution in [0.5, 0.6) is 5.75 Å². The molecule has 174 valence electrons. The van der Waals surface area contributed by atoms with Gasteiger partial charge in [-0.05, 0) is 61.3 Å². The number of amides is 1. The van der Waals surface area contributed by atoms with E-state index in [2.05, 4.69) is 51.5 Å². The van der Waals surface area contributed by atoms with E-state index in [0.29, 0.717) is 18.8 Å². The van der Waals surface area contributed by atoms with Gasteiger partial charge < -0.3 is 19.4 Å². The Morgan fingerprint density at radius 2 is 1.73 bits per heavy atom. The predicted molar refractivity (Wildman–Crippen MR) is 129 cm³/mol. The highest BCUT2D eigenvalue weighted by Gasteiger charge is 2.16. The fourth-order valence-corrected chi connectivity index (χ4v) is 4.26. The lowest BCUT2D eigenvalue weighted by Crippen LogP contribution is -2.33. The lowest BCUT2D eigenvalue weighted by Gasteiger charge is -2.22. The molecule has 0 saturated carbocycles. The Morgan fingerprint density at radius 1 is 0.970 bits per heavy atom. The maximum atomic E-state index is 12.5. The summed E-state index contributed by atoms with van der Waals surface area (Å²) >= 11 is 0. The summed E-state index contributed by atoms with van der Waals surface area (Å²) in [5.74, 6) is 1.84. The fourth-order valence-electron chi connectivity index (χ4n) is 4.26. The molecule has 0 radical (unpaired) electrons. The van der Waals surface area contributed by atoms with E-state index in [1.165, 1.54) is 18.4 Å². The average Bonchev–Trinajstić information content (AvgIpc) is 3.52. The molecule has 1 amide bonds. The first-order chi connectivity index (χ1) is 16.2. The number of rotatable bonds is 11. The van der Waals surface area contributed by atoms with Gasteiger partial charge in [0.2, 0.25) is 0 Å². The molecule has 1 saturated heterocycles. The monoisotopic (exact) mass is 447 g/mol. The van der Waals surface area contributed by atoms with Gasteiger partial charge in [-0.25, -0.2) is 0 Å². The van der Waals surface area contributed by atoms with Crippen LogP contribution in [-0.4, -0.2) is 49.0 Å². The van der Waals surface area contributed by atoms with Gasteiger partial charge in [0.15, 0.2) is 5.76 Å². The molecule has 33 heavy (non-hydrogen) atoms. The van der Waals surface area contributed by atoms with Crippen molar-refractivity contribution < 1.29 is 13.9 Å². The van der Waals surface area contributed by atoms with Gasteiger partial charge in [-0.2, -0.15) is 0 Å². The number of nitrogens with one attached hydrogen (secondary N) is 1. The van der Waals surface area contributed by atoms with Crippen LogP contribution in [0, 0.1) is 0 Å². The third kappa shape index (κ3) is 6.94. The molecule has 1 aliphatic rings. The maximum Gasteiger partial charge on any atom is 0.287 e. The molecule has 1 N–H and O–H groups in total. The number of hydrogen-bond donors (Lipinski definition) is 1. The number of benzene rings is 2. The second-order valence-electron chi connectivity index (χ2n) is 8.55. The quantitative estimate of drug-likeness (QED) is 0.475. The van der Waals surface area contributed by atoms with Crippen LogP contribution in [0.1, 0.15) is 40.3 Å². The Bertz CT molecular complexity index is 1010. The number of likely N-dealkylation sites (tertiary alicyclic amines) is 1. The number of hydrogen-bond acceptors (Lipinski definition) is 5. The van der Waals surface area contributed by atoms with Crippen molar-refractivity contribution in [1.82, 2.24) is 15.1 Å². The van der Waals surface area contributed by atoms with Crippen molar-refractivity contribution in [2.45, 2.75) is 32.5 Å². The summed E-state index contributed by atoms with van der Waals surface area (Å²) in [5, 5.41) is 2.98. The van der Waals surface area contributed by atoms with E-state index in [0.717, 1.165) is 49.8 Å². The van der Waals surface area contributed by atoms with Gasteiger partial charge in [-0.15, -0.1) is 0 Å².